The van der Waals surface area contributed by atoms with E-state index < -0.39 is 0 Å². The van der Waals surface area contributed by atoms with Gasteiger partial charge in [0.05, 0.1) is 17.3 Å². The average Bonchev–Trinajstić information content (AvgIpc) is 3.19. The summed E-state index contributed by atoms with van der Waals surface area (Å²) in [5.41, 5.74) is 3.85. The number of aromatic nitrogens is 2. The minimum atomic E-state index is -0.0213. The molecule has 7 heteroatoms. The molecule has 1 amide bonds. The maximum atomic E-state index is 12.6. The first-order chi connectivity index (χ1) is 14.5. The molecule has 0 aliphatic carbocycles. The summed E-state index contributed by atoms with van der Waals surface area (Å²) in [4.78, 5) is 19.4. The predicted molar refractivity (Wildman–Crippen MR) is 117 cm³/mol. The third kappa shape index (κ3) is 4.89. The highest BCUT2D eigenvalue weighted by Crippen LogP contribution is 2.26. The topological polar surface area (TPSA) is 71.3 Å². The average molecular weight is 425 g/mol. The Kier molecular flexibility index (Phi) is 6.16. The van der Waals surface area contributed by atoms with Crippen molar-refractivity contribution in [1.29, 1.82) is 0 Å². The number of carbonyl (C=O) groups is 1. The summed E-state index contributed by atoms with van der Waals surface area (Å²) in [6, 6.07) is 13.7. The number of nitrogens with one attached hydrogen (secondary N) is 1. The molecule has 4 rings (SSSR count). The molecule has 0 spiro atoms. The maximum Gasteiger partial charge on any atom is 0.257 e. The number of likely N-dealkylation sites (tertiary alicyclic amines) is 1. The fraction of sp³-hybridized carbons (Fsp3) is 0.348. The number of carbonyl (C=O) groups excluding carboxylic acids is 1. The van der Waals surface area contributed by atoms with Crippen LogP contribution in [-0.4, -0.2) is 34.0 Å². The zero-order chi connectivity index (χ0) is 21.1. The Balaban J connectivity index is 1.29. The van der Waals surface area contributed by atoms with Crippen LogP contribution < -0.4 is 5.32 Å². The van der Waals surface area contributed by atoms with Gasteiger partial charge in [-0.05, 0) is 69.6 Å². The quantitative estimate of drug-likeness (QED) is 0.633. The fourth-order valence-corrected chi connectivity index (χ4v) is 3.92. The molecule has 1 saturated heterocycles. The van der Waals surface area contributed by atoms with Gasteiger partial charge in [-0.3, -0.25) is 9.69 Å². The number of aryl methyl sites for hydroxylation is 2. The number of hydrogen-bond donors (Lipinski definition) is 1. The van der Waals surface area contributed by atoms with Crippen molar-refractivity contribution >= 4 is 23.2 Å². The number of hydrogen-bond acceptors (Lipinski definition) is 5. The Labute approximate surface area is 181 Å². The SMILES string of the molecule is Cc1ccc(-c2nc(CN3CCC(C(=O)Nc4ccc(C)cc4Cl)CC3)no2)cc1. The molecule has 0 unspecified atom stereocenters. The van der Waals surface area contributed by atoms with E-state index in [-0.39, 0.29) is 11.8 Å². The second-order valence-electron chi connectivity index (χ2n) is 7.90. The molecule has 156 valence electrons. The van der Waals surface area contributed by atoms with Crippen LogP contribution in [0.2, 0.25) is 5.02 Å². The van der Waals surface area contributed by atoms with Gasteiger partial charge in [-0.1, -0.05) is 40.5 Å². The lowest BCUT2D eigenvalue weighted by Crippen LogP contribution is -2.38. The third-order valence-corrected chi connectivity index (χ3v) is 5.79. The molecule has 1 aromatic heterocycles. The lowest BCUT2D eigenvalue weighted by atomic mass is 9.95. The number of nitrogens with zero attached hydrogens (tertiary/aromatic N) is 3. The van der Waals surface area contributed by atoms with Gasteiger partial charge in [-0.15, -0.1) is 0 Å². The van der Waals surface area contributed by atoms with Crippen LogP contribution in [0.15, 0.2) is 47.0 Å². The number of halogens is 1. The van der Waals surface area contributed by atoms with Crippen LogP contribution in [0.25, 0.3) is 11.5 Å². The Morgan fingerprint density at radius 3 is 2.53 bits per heavy atom. The molecule has 1 aliphatic rings. The maximum absolute atomic E-state index is 12.6. The highest BCUT2D eigenvalue weighted by atomic mass is 35.5. The summed E-state index contributed by atoms with van der Waals surface area (Å²) < 4.78 is 5.41. The molecule has 0 bridgehead atoms. The molecule has 1 N–H and O–H groups in total. The number of anilines is 1. The van der Waals surface area contributed by atoms with Gasteiger partial charge in [-0.2, -0.15) is 4.98 Å². The first kappa shape index (κ1) is 20.6. The summed E-state index contributed by atoms with van der Waals surface area (Å²) in [5, 5.41) is 7.65. The van der Waals surface area contributed by atoms with E-state index in [0.29, 0.717) is 29.0 Å². The van der Waals surface area contributed by atoms with Crippen LogP contribution in [0.5, 0.6) is 0 Å². The summed E-state index contributed by atoms with van der Waals surface area (Å²) in [7, 11) is 0. The predicted octanol–water partition coefficient (Wildman–Crippen LogP) is 4.86. The van der Waals surface area contributed by atoms with Gasteiger partial charge in [0.1, 0.15) is 0 Å². The standard InChI is InChI=1S/C23H25ClN4O2/c1-15-3-6-18(7-4-15)23-26-21(27-30-23)14-28-11-9-17(10-12-28)22(29)25-20-8-5-16(2)13-19(20)24/h3-8,13,17H,9-12,14H2,1-2H3,(H,25,29). The molecule has 6 nitrogen and oxygen atoms in total. The Bertz CT molecular complexity index is 1020. The molecule has 2 heterocycles. The number of benzene rings is 2. The molecule has 2 aromatic carbocycles. The van der Waals surface area contributed by atoms with Gasteiger partial charge in [0.15, 0.2) is 5.82 Å². The first-order valence-electron chi connectivity index (χ1n) is 10.2. The Hall–Kier alpha value is -2.70. The molecular formula is C23H25ClN4O2. The number of amides is 1. The number of rotatable bonds is 5. The molecule has 0 radical (unpaired) electrons. The van der Waals surface area contributed by atoms with Crippen LogP contribution in [0.3, 0.4) is 0 Å². The van der Waals surface area contributed by atoms with Gasteiger partial charge in [-0.25, -0.2) is 0 Å². The van der Waals surface area contributed by atoms with Crippen molar-refractivity contribution in [3.63, 3.8) is 0 Å². The number of piperidine rings is 1. The van der Waals surface area contributed by atoms with Gasteiger partial charge in [0.25, 0.3) is 5.89 Å². The smallest absolute Gasteiger partial charge is 0.257 e. The molecule has 30 heavy (non-hydrogen) atoms. The second kappa shape index (κ2) is 8.98. The lowest BCUT2D eigenvalue weighted by Gasteiger charge is -2.30. The largest absolute Gasteiger partial charge is 0.334 e. The van der Waals surface area contributed by atoms with Crippen molar-refractivity contribution in [3.05, 3.63) is 64.4 Å². The van der Waals surface area contributed by atoms with Crippen LogP contribution >= 0.6 is 11.6 Å². The van der Waals surface area contributed by atoms with E-state index in [2.05, 4.69) is 20.4 Å². The highest BCUT2D eigenvalue weighted by molar-refractivity contribution is 6.33. The zero-order valence-corrected chi connectivity index (χ0v) is 17.9. The van der Waals surface area contributed by atoms with Gasteiger partial charge in [0.2, 0.25) is 5.91 Å². The van der Waals surface area contributed by atoms with Crippen molar-refractivity contribution in [2.75, 3.05) is 18.4 Å². The van der Waals surface area contributed by atoms with E-state index in [1.165, 1.54) is 5.56 Å². The lowest BCUT2D eigenvalue weighted by molar-refractivity contribution is -0.121. The van der Waals surface area contributed by atoms with E-state index in [1.54, 1.807) is 0 Å². The van der Waals surface area contributed by atoms with Crippen molar-refractivity contribution in [3.8, 4) is 11.5 Å². The van der Waals surface area contributed by atoms with E-state index in [4.69, 9.17) is 16.1 Å². The monoisotopic (exact) mass is 424 g/mol. The van der Waals surface area contributed by atoms with Crippen LogP contribution in [-0.2, 0) is 11.3 Å². The van der Waals surface area contributed by atoms with Crippen LogP contribution in [0.1, 0.15) is 29.8 Å². The summed E-state index contributed by atoms with van der Waals surface area (Å²) in [5.74, 6) is 1.21. The minimum Gasteiger partial charge on any atom is -0.334 e. The highest BCUT2D eigenvalue weighted by Gasteiger charge is 2.26. The normalized spacial score (nSPS) is 15.3. The van der Waals surface area contributed by atoms with E-state index in [0.717, 1.165) is 37.1 Å². The van der Waals surface area contributed by atoms with Crippen molar-refractivity contribution in [2.45, 2.75) is 33.2 Å². The molecular weight excluding hydrogens is 400 g/mol. The summed E-state index contributed by atoms with van der Waals surface area (Å²) >= 11 is 6.23. The van der Waals surface area contributed by atoms with Crippen molar-refractivity contribution in [2.24, 2.45) is 5.92 Å². The summed E-state index contributed by atoms with van der Waals surface area (Å²) in [6.45, 7) is 6.26. The second-order valence-corrected chi connectivity index (χ2v) is 8.31. The van der Waals surface area contributed by atoms with Gasteiger partial charge in [0, 0.05) is 11.5 Å². The third-order valence-electron chi connectivity index (χ3n) is 5.47. The van der Waals surface area contributed by atoms with Crippen LogP contribution in [0.4, 0.5) is 5.69 Å². The van der Waals surface area contributed by atoms with Crippen LogP contribution in [0, 0.1) is 19.8 Å². The summed E-state index contributed by atoms with van der Waals surface area (Å²) in [6.07, 6.45) is 1.58. The van der Waals surface area contributed by atoms with E-state index >= 15 is 0 Å². The molecule has 0 atom stereocenters. The molecule has 1 fully saturated rings. The molecule has 0 saturated carbocycles. The fourth-order valence-electron chi connectivity index (χ4n) is 3.64. The van der Waals surface area contributed by atoms with Gasteiger partial charge >= 0.3 is 0 Å². The zero-order valence-electron chi connectivity index (χ0n) is 17.2. The van der Waals surface area contributed by atoms with E-state index in [9.17, 15) is 4.79 Å². The van der Waals surface area contributed by atoms with Gasteiger partial charge < -0.3 is 9.84 Å². The van der Waals surface area contributed by atoms with Crippen molar-refractivity contribution in [1.82, 2.24) is 15.0 Å². The van der Waals surface area contributed by atoms with Crippen molar-refractivity contribution < 1.29 is 9.32 Å². The Morgan fingerprint density at radius 1 is 1.13 bits per heavy atom. The van der Waals surface area contributed by atoms with E-state index in [1.807, 2.05) is 56.3 Å². The molecule has 3 aromatic rings. The minimum absolute atomic E-state index is 0.0213. The molecule has 1 aliphatic heterocycles. The Morgan fingerprint density at radius 2 is 1.83 bits per heavy atom. The first-order valence-corrected chi connectivity index (χ1v) is 10.5.